The van der Waals surface area contributed by atoms with Gasteiger partial charge in [-0.1, -0.05) is 13.0 Å². The van der Waals surface area contributed by atoms with Crippen LogP contribution in [0.15, 0.2) is 22.7 Å². The first kappa shape index (κ1) is 16.5. The molecule has 108 valence electrons. The summed E-state index contributed by atoms with van der Waals surface area (Å²) in [6.07, 6.45) is 2.04. The number of rotatable bonds is 9. The number of benzene rings is 1. The lowest BCUT2D eigenvalue weighted by molar-refractivity contribution is 0.136. The summed E-state index contributed by atoms with van der Waals surface area (Å²) >= 11 is 3.53. The van der Waals surface area contributed by atoms with Crippen molar-refractivity contribution in [1.29, 1.82) is 0 Å². The number of ether oxygens (including phenoxy) is 2. The lowest BCUT2D eigenvalue weighted by Gasteiger charge is -2.18. The molecule has 0 saturated carbocycles. The highest BCUT2D eigenvalue weighted by atomic mass is 79.9. The standard InChI is InChI=1S/C15H24BrNO2/c1-4-17-13(8-9-19-5-2)10-12-6-7-15(18-3)14(16)11-12/h6-7,11,13,17H,4-5,8-10H2,1-3H3. The van der Waals surface area contributed by atoms with Crippen molar-refractivity contribution in [2.45, 2.75) is 32.7 Å². The second-order valence-electron chi connectivity index (χ2n) is 4.41. The molecule has 0 aliphatic carbocycles. The molecule has 0 heterocycles. The second-order valence-corrected chi connectivity index (χ2v) is 5.27. The Labute approximate surface area is 124 Å². The van der Waals surface area contributed by atoms with Crippen LogP contribution in [0, 0.1) is 0 Å². The van der Waals surface area contributed by atoms with E-state index < -0.39 is 0 Å². The van der Waals surface area contributed by atoms with E-state index in [0.717, 1.165) is 42.8 Å². The number of halogens is 1. The van der Waals surface area contributed by atoms with Gasteiger partial charge in [-0.15, -0.1) is 0 Å². The molecule has 1 N–H and O–H groups in total. The van der Waals surface area contributed by atoms with Crippen molar-refractivity contribution >= 4 is 15.9 Å². The van der Waals surface area contributed by atoms with Gasteiger partial charge in [0.05, 0.1) is 11.6 Å². The van der Waals surface area contributed by atoms with Gasteiger partial charge < -0.3 is 14.8 Å². The van der Waals surface area contributed by atoms with Gasteiger partial charge in [0, 0.05) is 19.3 Å². The smallest absolute Gasteiger partial charge is 0.133 e. The van der Waals surface area contributed by atoms with Crippen molar-refractivity contribution in [2.24, 2.45) is 0 Å². The number of nitrogens with one attached hydrogen (secondary N) is 1. The van der Waals surface area contributed by atoms with E-state index in [0.29, 0.717) is 6.04 Å². The highest BCUT2D eigenvalue weighted by Crippen LogP contribution is 2.26. The van der Waals surface area contributed by atoms with E-state index in [4.69, 9.17) is 9.47 Å². The fourth-order valence-corrected chi connectivity index (χ4v) is 2.64. The zero-order chi connectivity index (χ0) is 14.1. The summed E-state index contributed by atoms with van der Waals surface area (Å²) in [7, 11) is 1.68. The van der Waals surface area contributed by atoms with E-state index in [9.17, 15) is 0 Å². The number of hydrogen-bond donors (Lipinski definition) is 1. The maximum absolute atomic E-state index is 5.44. The van der Waals surface area contributed by atoms with Crippen LogP contribution in [0.5, 0.6) is 5.75 Å². The zero-order valence-corrected chi connectivity index (χ0v) is 13.6. The first-order valence-electron chi connectivity index (χ1n) is 6.84. The maximum atomic E-state index is 5.44. The highest BCUT2D eigenvalue weighted by molar-refractivity contribution is 9.10. The van der Waals surface area contributed by atoms with E-state index in [2.05, 4.69) is 40.3 Å². The number of hydrogen-bond acceptors (Lipinski definition) is 3. The van der Waals surface area contributed by atoms with Gasteiger partial charge in [0.1, 0.15) is 5.75 Å². The molecule has 0 aliphatic heterocycles. The third-order valence-electron chi connectivity index (χ3n) is 3.01. The molecule has 0 bridgehead atoms. The second kappa shape index (κ2) is 9.34. The average molecular weight is 330 g/mol. The van der Waals surface area contributed by atoms with E-state index in [-0.39, 0.29) is 0 Å². The van der Waals surface area contributed by atoms with Gasteiger partial charge in [-0.25, -0.2) is 0 Å². The van der Waals surface area contributed by atoms with Gasteiger partial charge in [0.2, 0.25) is 0 Å². The molecule has 0 spiro atoms. The van der Waals surface area contributed by atoms with Crippen molar-refractivity contribution in [2.75, 3.05) is 26.9 Å². The van der Waals surface area contributed by atoms with E-state index in [1.54, 1.807) is 7.11 Å². The molecule has 1 aromatic rings. The number of likely N-dealkylation sites (N-methyl/N-ethyl adjacent to an activating group) is 1. The van der Waals surface area contributed by atoms with Crippen LogP contribution in [0.1, 0.15) is 25.8 Å². The molecule has 0 amide bonds. The minimum atomic E-state index is 0.455. The lowest BCUT2D eigenvalue weighted by Crippen LogP contribution is -2.32. The topological polar surface area (TPSA) is 30.5 Å². The highest BCUT2D eigenvalue weighted by Gasteiger charge is 2.10. The fourth-order valence-electron chi connectivity index (χ4n) is 2.06. The molecule has 0 aromatic heterocycles. The van der Waals surface area contributed by atoms with Gasteiger partial charge in [-0.3, -0.25) is 0 Å². The Kier molecular flexibility index (Phi) is 8.10. The molecule has 3 nitrogen and oxygen atoms in total. The molecule has 1 atom stereocenters. The van der Waals surface area contributed by atoms with E-state index in [1.807, 2.05) is 13.0 Å². The van der Waals surface area contributed by atoms with Crippen molar-refractivity contribution in [1.82, 2.24) is 5.32 Å². The molecule has 1 rings (SSSR count). The van der Waals surface area contributed by atoms with Gasteiger partial charge in [0.25, 0.3) is 0 Å². The van der Waals surface area contributed by atoms with Crippen LogP contribution in [-0.4, -0.2) is 32.9 Å². The Hall–Kier alpha value is -0.580. The zero-order valence-electron chi connectivity index (χ0n) is 12.0. The predicted octanol–water partition coefficient (Wildman–Crippen LogP) is 3.40. The number of methoxy groups -OCH3 is 1. The van der Waals surface area contributed by atoms with Crippen molar-refractivity contribution in [3.63, 3.8) is 0 Å². The summed E-state index contributed by atoms with van der Waals surface area (Å²) in [4.78, 5) is 0. The molecule has 1 aromatic carbocycles. The summed E-state index contributed by atoms with van der Waals surface area (Å²) in [5.41, 5.74) is 1.30. The minimum Gasteiger partial charge on any atom is -0.496 e. The average Bonchev–Trinajstić information content (AvgIpc) is 2.39. The predicted molar refractivity (Wildman–Crippen MR) is 83.0 cm³/mol. The van der Waals surface area contributed by atoms with Crippen LogP contribution < -0.4 is 10.1 Å². The van der Waals surface area contributed by atoms with E-state index >= 15 is 0 Å². The molecule has 1 unspecified atom stereocenters. The molecule has 0 saturated heterocycles. The minimum absolute atomic E-state index is 0.455. The molecule has 0 radical (unpaired) electrons. The summed E-state index contributed by atoms with van der Waals surface area (Å²) < 4.78 is 11.7. The first-order chi connectivity index (χ1) is 9.21. The van der Waals surface area contributed by atoms with Crippen molar-refractivity contribution in [3.05, 3.63) is 28.2 Å². The summed E-state index contributed by atoms with van der Waals surface area (Å²) in [6, 6.07) is 6.71. The summed E-state index contributed by atoms with van der Waals surface area (Å²) in [5.74, 6) is 0.873. The molecular weight excluding hydrogens is 306 g/mol. The normalized spacial score (nSPS) is 12.4. The summed E-state index contributed by atoms with van der Waals surface area (Å²) in [5, 5.41) is 3.51. The SMILES string of the molecule is CCNC(CCOCC)Cc1ccc(OC)c(Br)c1. The Morgan fingerprint density at radius 1 is 1.32 bits per heavy atom. The van der Waals surface area contributed by atoms with E-state index in [1.165, 1.54) is 5.56 Å². The molecule has 19 heavy (non-hydrogen) atoms. The van der Waals surface area contributed by atoms with Crippen LogP contribution in [0.25, 0.3) is 0 Å². The quantitative estimate of drug-likeness (QED) is 0.704. The van der Waals surface area contributed by atoms with Crippen LogP contribution in [0.4, 0.5) is 0 Å². The van der Waals surface area contributed by atoms with Gasteiger partial charge in [0.15, 0.2) is 0 Å². The first-order valence-corrected chi connectivity index (χ1v) is 7.64. The Morgan fingerprint density at radius 2 is 2.11 bits per heavy atom. The van der Waals surface area contributed by atoms with Crippen LogP contribution >= 0.6 is 15.9 Å². The monoisotopic (exact) mass is 329 g/mol. The maximum Gasteiger partial charge on any atom is 0.133 e. The van der Waals surface area contributed by atoms with Gasteiger partial charge in [-0.2, -0.15) is 0 Å². The Bertz CT molecular complexity index is 371. The van der Waals surface area contributed by atoms with Crippen LogP contribution in [0.3, 0.4) is 0 Å². The van der Waals surface area contributed by atoms with Crippen molar-refractivity contribution < 1.29 is 9.47 Å². The molecule has 0 aliphatic rings. The molecule has 4 heteroatoms. The van der Waals surface area contributed by atoms with Crippen LogP contribution in [-0.2, 0) is 11.2 Å². The summed E-state index contributed by atoms with van der Waals surface area (Å²) in [6.45, 7) is 6.74. The van der Waals surface area contributed by atoms with Crippen LogP contribution in [0.2, 0.25) is 0 Å². The van der Waals surface area contributed by atoms with Crippen molar-refractivity contribution in [3.8, 4) is 5.75 Å². The van der Waals surface area contributed by atoms with Gasteiger partial charge >= 0.3 is 0 Å². The largest absolute Gasteiger partial charge is 0.496 e. The Morgan fingerprint density at radius 3 is 2.68 bits per heavy atom. The third kappa shape index (κ3) is 5.93. The van der Waals surface area contributed by atoms with Gasteiger partial charge in [-0.05, 0) is 59.9 Å². The molecular formula is C15H24BrNO2. The third-order valence-corrected chi connectivity index (χ3v) is 3.63. The lowest BCUT2D eigenvalue weighted by atomic mass is 10.0. The fraction of sp³-hybridized carbons (Fsp3) is 0.600. The molecule has 0 fully saturated rings. The Balaban J connectivity index is 2.59.